The summed E-state index contributed by atoms with van der Waals surface area (Å²) in [5.41, 5.74) is 2.15. The lowest BCUT2D eigenvalue weighted by molar-refractivity contribution is 0.175. The van der Waals surface area contributed by atoms with E-state index in [1.165, 1.54) is 24.3 Å². The molecule has 1 atom stereocenters. The molecule has 0 aromatic heterocycles. The zero-order valence-corrected chi connectivity index (χ0v) is 13.8. The first-order valence-corrected chi connectivity index (χ1v) is 7.79. The van der Waals surface area contributed by atoms with Gasteiger partial charge in [-0.3, -0.25) is 0 Å². The largest absolute Gasteiger partial charge is 0.387 e. The number of hydrogen-bond donors (Lipinski definition) is 3. The van der Waals surface area contributed by atoms with Crippen molar-refractivity contribution in [2.75, 3.05) is 30.4 Å². The lowest BCUT2D eigenvalue weighted by Gasteiger charge is -2.21. The first-order valence-electron chi connectivity index (χ1n) is 7.79. The summed E-state index contributed by atoms with van der Waals surface area (Å²) < 4.78 is 12.9. The van der Waals surface area contributed by atoms with Gasteiger partial charge >= 0.3 is 6.03 Å². The highest BCUT2D eigenvalue weighted by molar-refractivity contribution is 5.93. The van der Waals surface area contributed by atoms with Crippen LogP contribution in [0.1, 0.15) is 18.6 Å². The number of carbonyl (C=O) groups excluding carboxylic acids is 1. The predicted molar refractivity (Wildman–Crippen MR) is 93.8 cm³/mol. The van der Waals surface area contributed by atoms with Crippen LogP contribution in [0, 0.1) is 5.82 Å². The average Bonchev–Trinajstić information content (AvgIpc) is 2.60. The number of anilines is 2. The number of nitrogens with one attached hydrogen (secondary N) is 2. The maximum atomic E-state index is 12.9. The maximum Gasteiger partial charge on any atom is 0.319 e. The lowest BCUT2D eigenvalue weighted by atomic mass is 10.1. The molecule has 24 heavy (non-hydrogen) atoms. The highest BCUT2D eigenvalue weighted by Crippen LogP contribution is 2.24. The van der Waals surface area contributed by atoms with Gasteiger partial charge < -0.3 is 20.6 Å². The molecule has 1 unspecified atom stereocenters. The molecule has 0 saturated heterocycles. The van der Waals surface area contributed by atoms with Crippen LogP contribution in [0.15, 0.2) is 48.5 Å². The van der Waals surface area contributed by atoms with Crippen LogP contribution in [0.25, 0.3) is 0 Å². The van der Waals surface area contributed by atoms with E-state index in [1.807, 2.05) is 43.1 Å². The molecular formula is C18H22FN3O2. The Balaban J connectivity index is 1.93. The zero-order valence-electron chi connectivity index (χ0n) is 13.8. The van der Waals surface area contributed by atoms with Gasteiger partial charge in [0.25, 0.3) is 0 Å². The van der Waals surface area contributed by atoms with E-state index < -0.39 is 12.1 Å². The lowest BCUT2D eigenvalue weighted by Crippen LogP contribution is -2.33. The van der Waals surface area contributed by atoms with Crippen molar-refractivity contribution in [3.05, 3.63) is 59.9 Å². The first kappa shape index (κ1) is 17.7. The molecule has 5 nitrogen and oxygen atoms in total. The van der Waals surface area contributed by atoms with Crippen LogP contribution in [-0.2, 0) is 0 Å². The first-order chi connectivity index (χ1) is 11.5. The number of rotatable bonds is 6. The van der Waals surface area contributed by atoms with Gasteiger partial charge in [0.2, 0.25) is 0 Å². The molecule has 0 radical (unpaired) electrons. The van der Waals surface area contributed by atoms with E-state index in [9.17, 15) is 14.3 Å². The number of hydrogen-bond acceptors (Lipinski definition) is 3. The van der Waals surface area contributed by atoms with Crippen LogP contribution < -0.4 is 15.5 Å². The highest BCUT2D eigenvalue weighted by Gasteiger charge is 2.12. The molecule has 2 amide bonds. The summed E-state index contributed by atoms with van der Waals surface area (Å²) in [4.78, 5) is 14.1. The fourth-order valence-electron chi connectivity index (χ4n) is 2.24. The maximum absolute atomic E-state index is 12.9. The zero-order chi connectivity index (χ0) is 17.5. The molecule has 0 bridgehead atoms. The normalized spacial score (nSPS) is 11.7. The molecule has 3 N–H and O–H groups in total. The van der Waals surface area contributed by atoms with E-state index in [-0.39, 0.29) is 12.4 Å². The monoisotopic (exact) mass is 331 g/mol. The van der Waals surface area contributed by atoms with Gasteiger partial charge in [0, 0.05) is 20.1 Å². The summed E-state index contributed by atoms with van der Waals surface area (Å²) in [6.07, 6.45) is -0.898. The van der Waals surface area contributed by atoms with E-state index in [4.69, 9.17) is 0 Å². The summed E-state index contributed by atoms with van der Waals surface area (Å²) >= 11 is 0. The van der Waals surface area contributed by atoms with Crippen LogP contribution in [0.3, 0.4) is 0 Å². The Kier molecular flexibility index (Phi) is 6.14. The Hall–Kier alpha value is -2.60. The number of aliphatic hydroxyl groups excluding tert-OH is 1. The van der Waals surface area contributed by atoms with Gasteiger partial charge in [-0.15, -0.1) is 0 Å². The number of nitrogens with zero attached hydrogens (tertiary/aromatic N) is 1. The average molecular weight is 331 g/mol. The molecule has 128 valence electrons. The van der Waals surface area contributed by atoms with Gasteiger partial charge in [0.1, 0.15) is 5.82 Å². The molecule has 0 aliphatic heterocycles. The number of amides is 2. The Labute approximate surface area is 141 Å². The second-order valence-electron chi connectivity index (χ2n) is 5.43. The topological polar surface area (TPSA) is 64.6 Å². The third kappa shape index (κ3) is 4.70. The third-order valence-electron chi connectivity index (χ3n) is 3.75. The molecule has 0 saturated carbocycles. The molecule has 2 aromatic rings. The van der Waals surface area contributed by atoms with Gasteiger partial charge in [0.15, 0.2) is 0 Å². The van der Waals surface area contributed by atoms with Crippen molar-refractivity contribution in [3.63, 3.8) is 0 Å². The molecular weight excluding hydrogens is 309 g/mol. The number of benzene rings is 2. The summed E-state index contributed by atoms with van der Waals surface area (Å²) in [5, 5.41) is 15.4. The number of halogens is 1. The van der Waals surface area contributed by atoms with Gasteiger partial charge in [-0.25, -0.2) is 9.18 Å². The summed E-state index contributed by atoms with van der Waals surface area (Å²) in [5.74, 6) is -0.367. The summed E-state index contributed by atoms with van der Waals surface area (Å²) in [6, 6.07) is 12.6. The van der Waals surface area contributed by atoms with Crippen LogP contribution in [0.5, 0.6) is 0 Å². The summed E-state index contributed by atoms with van der Waals surface area (Å²) in [6.45, 7) is 2.86. The van der Waals surface area contributed by atoms with Crippen molar-refractivity contribution in [2.45, 2.75) is 13.0 Å². The van der Waals surface area contributed by atoms with Crippen molar-refractivity contribution in [1.82, 2.24) is 5.32 Å². The van der Waals surface area contributed by atoms with Crippen molar-refractivity contribution >= 4 is 17.4 Å². The molecule has 0 spiro atoms. The molecule has 6 heteroatoms. The van der Waals surface area contributed by atoms with Crippen molar-refractivity contribution in [1.29, 1.82) is 0 Å². The van der Waals surface area contributed by atoms with E-state index in [2.05, 4.69) is 10.6 Å². The number of para-hydroxylation sites is 2. The second kappa shape index (κ2) is 8.31. The SMILES string of the molecule is CCN(C)c1ccccc1NC(=O)NCC(O)c1ccc(F)cc1. The molecule has 0 fully saturated rings. The van der Waals surface area contributed by atoms with Gasteiger partial charge in [0.05, 0.1) is 17.5 Å². The van der Waals surface area contributed by atoms with E-state index >= 15 is 0 Å². The van der Waals surface area contributed by atoms with E-state index in [0.717, 1.165) is 12.2 Å². The van der Waals surface area contributed by atoms with Gasteiger partial charge in [-0.05, 0) is 36.8 Å². The number of aliphatic hydroxyl groups is 1. The summed E-state index contributed by atoms with van der Waals surface area (Å²) in [7, 11) is 1.94. The minimum atomic E-state index is -0.898. The standard InChI is InChI=1S/C18H22FN3O2/c1-3-22(2)16-7-5-4-6-15(16)21-18(24)20-12-17(23)13-8-10-14(19)11-9-13/h4-11,17,23H,3,12H2,1-2H3,(H2,20,21,24). The quantitative estimate of drug-likeness (QED) is 0.762. The minimum Gasteiger partial charge on any atom is -0.387 e. The molecule has 2 rings (SSSR count). The molecule has 0 aliphatic carbocycles. The third-order valence-corrected chi connectivity index (χ3v) is 3.75. The van der Waals surface area contributed by atoms with Gasteiger partial charge in [-0.2, -0.15) is 0 Å². The van der Waals surface area contributed by atoms with Crippen molar-refractivity contribution < 1.29 is 14.3 Å². The highest BCUT2D eigenvalue weighted by atomic mass is 19.1. The number of urea groups is 1. The fourth-order valence-corrected chi connectivity index (χ4v) is 2.24. The van der Waals surface area contributed by atoms with E-state index in [0.29, 0.717) is 11.3 Å². The molecule has 2 aromatic carbocycles. The molecule has 0 heterocycles. The van der Waals surface area contributed by atoms with Crippen LogP contribution in [0.4, 0.5) is 20.6 Å². The Morgan fingerprint density at radius 1 is 1.21 bits per heavy atom. The van der Waals surface area contributed by atoms with Gasteiger partial charge in [-0.1, -0.05) is 24.3 Å². The van der Waals surface area contributed by atoms with Crippen molar-refractivity contribution in [2.24, 2.45) is 0 Å². The van der Waals surface area contributed by atoms with E-state index in [1.54, 1.807) is 0 Å². The Morgan fingerprint density at radius 3 is 2.54 bits per heavy atom. The van der Waals surface area contributed by atoms with Crippen LogP contribution >= 0.6 is 0 Å². The smallest absolute Gasteiger partial charge is 0.319 e. The fraction of sp³-hybridized carbons (Fsp3) is 0.278. The Morgan fingerprint density at radius 2 is 1.88 bits per heavy atom. The van der Waals surface area contributed by atoms with Crippen molar-refractivity contribution in [3.8, 4) is 0 Å². The second-order valence-corrected chi connectivity index (χ2v) is 5.43. The van der Waals surface area contributed by atoms with Crippen LogP contribution in [0.2, 0.25) is 0 Å². The number of carbonyl (C=O) groups is 1. The predicted octanol–water partition coefficient (Wildman–Crippen LogP) is 3.14. The van der Waals surface area contributed by atoms with Crippen LogP contribution in [-0.4, -0.2) is 31.3 Å². The Bertz CT molecular complexity index is 676. The minimum absolute atomic E-state index is 0.0310. The molecule has 0 aliphatic rings.